The van der Waals surface area contributed by atoms with Gasteiger partial charge in [-0.2, -0.15) is 5.10 Å². The maximum absolute atomic E-state index is 13.6. The van der Waals surface area contributed by atoms with Gasteiger partial charge in [0.05, 0.1) is 11.5 Å². The van der Waals surface area contributed by atoms with Crippen molar-refractivity contribution < 1.29 is 27.7 Å². The highest BCUT2D eigenvalue weighted by molar-refractivity contribution is 5.91. The molecule has 0 saturated heterocycles. The molecule has 0 saturated carbocycles. The van der Waals surface area contributed by atoms with E-state index < -0.39 is 22.5 Å². The molecule has 0 aliphatic rings. The topological polar surface area (TPSA) is 112 Å². The minimum absolute atomic E-state index is 0.0209. The summed E-state index contributed by atoms with van der Waals surface area (Å²) >= 11 is 0. The summed E-state index contributed by atoms with van der Waals surface area (Å²) in [6, 6.07) is 5.86. The Balaban J connectivity index is 1.53. The first kappa shape index (κ1) is 21.0. The van der Waals surface area contributed by atoms with Gasteiger partial charge >= 0.3 is 5.69 Å². The number of furan rings is 1. The maximum atomic E-state index is 13.6. The van der Waals surface area contributed by atoms with Crippen molar-refractivity contribution in [2.24, 2.45) is 0 Å². The van der Waals surface area contributed by atoms with Gasteiger partial charge in [0, 0.05) is 12.6 Å². The largest absolute Gasteiger partial charge is 0.483 e. The fraction of sp³-hybridized carbons (Fsp3) is 0.263. The van der Waals surface area contributed by atoms with Crippen molar-refractivity contribution in [3.8, 4) is 5.75 Å². The van der Waals surface area contributed by atoms with Gasteiger partial charge in [-0.15, -0.1) is 0 Å². The maximum Gasteiger partial charge on any atom is 0.312 e. The molecule has 0 fully saturated rings. The molecule has 3 rings (SSSR count). The second-order valence-electron chi connectivity index (χ2n) is 6.38. The third-order valence-corrected chi connectivity index (χ3v) is 4.28. The number of aromatic nitrogens is 2. The summed E-state index contributed by atoms with van der Waals surface area (Å²) in [5, 5.41) is 17.8. The molecular weight excluding hydrogens is 402 g/mol. The van der Waals surface area contributed by atoms with Gasteiger partial charge in [0.1, 0.15) is 29.6 Å². The van der Waals surface area contributed by atoms with Crippen molar-refractivity contribution in [3.05, 3.63) is 75.0 Å². The molecule has 2 aromatic heterocycles. The van der Waals surface area contributed by atoms with E-state index in [-0.39, 0.29) is 42.7 Å². The second-order valence-corrected chi connectivity index (χ2v) is 6.38. The fourth-order valence-electron chi connectivity index (χ4n) is 2.85. The van der Waals surface area contributed by atoms with Crippen LogP contribution < -0.4 is 10.1 Å². The lowest BCUT2D eigenvalue weighted by Gasteiger charge is -2.06. The van der Waals surface area contributed by atoms with E-state index in [0.717, 1.165) is 12.1 Å². The molecule has 0 aliphatic carbocycles. The van der Waals surface area contributed by atoms with Gasteiger partial charge in [-0.05, 0) is 38.1 Å². The predicted molar refractivity (Wildman–Crippen MR) is 100 cm³/mol. The molecule has 2 heterocycles. The number of aryl methyl sites for hydroxylation is 1. The number of hydrogen-bond acceptors (Lipinski definition) is 6. The van der Waals surface area contributed by atoms with Crippen LogP contribution in [0.3, 0.4) is 0 Å². The fourth-order valence-corrected chi connectivity index (χ4v) is 2.85. The van der Waals surface area contributed by atoms with Crippen LogP contribution in [0.1, 0.15) is 27.7 Å². The minimum atomic E-state index is -0.844. The number of nitrogens with one attached hydrogen (secondary N) is 1. The molecule has 1 amide bonds. The summed E-state index contributed by atoms with van der Waals surface area (Å²) in [4.78, 5) is 22.7. The van der Waals surface area contributed by atoms with E-state index in [2.05, 4.69) is 10.4 Å². The zero-order valence-corrected chi connectivity index (χ0v) is 16.1. The van der Waals surface area contributed by atoms with Crippen LogP contribution in [0, 0.1) is 35.6 Å². The lowest BCUT2D eigenvalue weighted by molar-refractivity contribution is -0.386. The van der Waals surface area contributed by atoms with E-state index in [1.54, 1.807) is 13.8 Å². The van der Waals surface area contributed by atoms with E-state index in [0.29, 0.717) is 17.5 Å². The molecule has 0 radical (unpaired) electrons. The molecule has 158 valence electrons. The summed E-state index contributed by atoms with van der Waals surface area (Å²) in [5.74, 6) is -1.90. The Morgan fingerprint density at radius 2 is 2.07 bits per heavy atom. The number of ether oxygens (including phenoxy) is 1. The van der Waals surface area contributed by atoms with Crippen molar-refractivity contribution in [1.82, 2.24) is 15.1 Å². The van der Waals surface area contributed by atoms with Crippen LogP contribution in [0.2, 0.25) is 0 Å². The number of hydrogen-bond donors (Lipinski definition) is 1. The summed E-state index contributed by atoms with van der Waals surface area (Å²) in [6.45, 7) is 3.40. The van der Waals surface area contributed by atoms with Crippen molar-refractivity contribution in [3.63, 3.8) is 0 Å². The SMILES string of the molecule is Cc1nn(CCNC(=O)c2ccc(COc3ccc(F)cc3F)o2)c(C)c1[N+](=O)[O-]. The summed E-state index contributed by atoms with van der Waals surface area (Å²) in [6.07, 6.45) is 0. The quantitative estimate of drug-likeness (QED) is 0.442. The highest BCUT2D eigenvalue weighted by atomic mass is 19.1. The molecule has 0 spiro atoms. The van der Waals surface area contributed by atoms with E-state index in [4.69, 9.17) is 9.15 Å². The summed E-state index contributed by atoms with van der Waals surface area (Å²) in [7, 11) is 0. The number of nitro groups is 1. The van der Waals surface area contributed by atoms with E-state index in [1.807, 2.05) is 0 Å². The lowest BCUT2D eigenvalue weighted by atomic mass is 10.3. The number of amides is 1. The molecule has 0 aliphatic heterocycles. The molecule has 0 unspecified atom stereocenters. The van der Waals surface area contributed by atoms with Gasteiger partial charge in [0.25, 0.3) is 5.91 Å². The average Bonchev–Trinajstić information content (AvgIpc) is 3.25. The summed E-state index contributed by atoms with van der Waals surface area (Å²) < 4.78 is 38.5. The van der Waals surface area contributed by atoms with E-state index in [9.17, 15) is 23.7 Å². The van der Waals surface area contributed by atoms with Crippen molar-refractivity contribution in [1.29, 1.82) is 0 Å². The third kappa shape index (κ3) is 4.62. The van der Waals surface area contributed by atoms with Crippen molar-refractivity contribution >= 4 is 11.6 Å². The van der Waals surface area contributed by atoms with Crippen molar-refractivity contribution in [2.45, 2.75) is 27.0 Å². The van der Waals surface area contributed by atoms with Gasteiger partial charge < -0.3 is 14.5 Å². The molecular formula is C19H18F2N4O5. The highest BCUT2D eigenvalue weighted by Crippen LogP contribution is 2.22. The van der Waals surface area contributed by atoms with Gasteiger partial charge in [-0.3, -0.25) is 19.6 Å². The first-order valence-electron chi connectivity index (χ1n) is 8.89. The first-order valence-corrected chi connectivity index (χ1v) is 8.89. The highest BCUT2D eigenvalue weighted by Gasteiger charge is 2.21. The van der Waals surface area contributed by atoms with Crippen LogP contribution >= 0.6 is 0 Å². The van der Waals surface area contributed by atoms with Crippen molar-refractivity contribution in [2.75, 3.05) is 6.54 Å². The molecule has 30 heavy (non-hydrogen) atoms. The molecule has 11 heteroatoms. The minimum Gasteiger partial charge on any atom is -0.483 e. The normalized spacial score (nSPS) is 10.8. The molecule has 1 aromatic carbocycles. The summed E-state index contributed by atoms with van der Waals surface area (Å²) in [5.41, 5.74) is 0.656. The Hall–Kier alpha value is -3.76. The number of rotatable bonds is 8. The molecule has 0 atom stereocenters. The molecule has 0 bridgehead atoms. The van der Waals surface area contributed by atoms with Crippen LogP contribution in [-0.2, 0) is 13.2 Å². The lowest BCUT2D eigenvalue weighted by Crippen LogP contribution is -2.27. The number of nitrogens with zero attached hydrogens (tertiary/aromatic N) is 3. The predicted octanol–water partition coefficient (Wildman–Crippen LogP) is 3.29. The zero-order chi connectivity index (χ0) is 21.8. The Labute approximate surface area is 169 Å². The third-order valence-electron chi connectivity index (χ3n) is 4.28. The van der Waals surface area contributed by atoms with Gasteiger partial charge in [-0.25, -0.2) is 8.78 Å². The Kier molecular flexibility index (Phi) is 6.09. The van der Waals surface area contributed by atoms with Crippen LogP contribution in [0.4, 0.5) is 14.5 Å². The van der Waals surface area contributed by atoms with Crippen LogP contribution in [-0.4, -0.2) is 27.2 Å². The number of carbonyl (C=O) groups is 1. The number of carbonyl (C=O) groups excluding carboxylic acids is 1. The first-order chi connectivity index (χ1) is 14.3. The molecule has 9 nitrogen and oxygen atoms in total. The van der Waals surface area contributed by atoms with Crippen LogP contribution in [0.25, 0.3) is 0 Å². The number of benzene rings is 1. The van der Waals surface area contributed by atoms with Gasteiger partial charge in [-0.1, -0.05) is 0 Å². The smallest absolute Gasteiger partial charge is 0.312 e. The van der Waals surface area contributed by atoms with E-state index >= 15 is 0 Å². The Morgan fingerprint density at radius 3 is 2.73 bits per heavy atom. The van der Waals surface area contributed by atoms with Crippen LogP contribution in [0.15, 0.2) is 34.7 Å². The monoisotopic (exact) mass is 420 g/mol. The molecule has 1 N–H and O–H groups in total. The average molecular weight is 420 g/mol. The zero-order valence-electron chi connectivity index (χ0n) is 16.1. The Morgan fingerprint density at radius 1 is 1.30 bits per heavy atom. The standard InChI is InChI=1S/C19H18F2N4O5/c1-11-18(25(27)28)12(2)24(23-11)8-7-22-19(26)17-6-4-14(30-17)10-29-16-5-3-13(20)9-15(16)21/h3-6,9H,7-8,10H2,1-2H3,(H,22,26). The number of halogens is 2. The molecule has 3 aromatic rings. The van der Waals surface area contributed by atoms with Gasteiger partial charge in [0.2, 0.25) is 0 Å². The Bertz CT molecular complexity index is 1090. The van der Waals surface area contributed by atoms with E-state index in [1.165, 1.54) is 16.8 Å². The second kappa shape index (κ2) is 8.72. The van der Waals surface area contributed by atoms with Crippen LogP contribution in [0.5, 0.6) is 5.75 Å². The van der Waals surface area contributed by atoms with Gasteiger partial charge in [0.15, 0.2) is 17.3 Å².